The quantitative estimate of drug-likeness (QED) is 0.320. The summed E-state index contributed by atoms with van der Waals surface area (Å²) in [5, 5.41) is 21.0. The molecule has 0 aliphatic heterocycles. The Morgan fingerprint density at radius 1 is 1.15 bits per heavy atom. The van der Waals surface area contributed by atoms with Crippen LogP contribution in [0.25, 0.3) is 5.69 Å². The Bertz CT molecular complexity index is 1380. The van der Waals surface area contributed by atoms with E-state index in [4.69, 9.17) is 0 Å². The van der Waals surface area contributed by atoms with Gasteiger partial charge in [0.15, 0.2) is 5.16 Å². The van der Waals surface area contributed by atoms with Gasteiger partial charge in [-0.25, -0.2) is 4.79 Å². The highest BCUT2D eigenvalue weighted by Crippen LogP contribution is 2.24. The SMILES string of the molecule is CCc1nnc(NC(=O)CSc2nnc(Cc3cc(=O)[nH]c(=O)[nH]3)n2-c2cccc(C)c2)s1. The number of thioether (sulfide) groups is 1. The maximum Gasteiger partial charge on any atom is 0.325 e. The van der Waals surface area contributed by atoms with Crippen LogP contribution in [0.2, 0.25) is 0 Å². The summed E-state index contributed by atoms with van der Waals surface area (Å²) in [6.45, 7) is 3.94. The Balaban J connectivity index is 1.58. The number of rotatable bonds is 8. The summed E-state index contributed by atoms with van der Waals surface area (Å²) < 4.78 is 1.81. The van der Waals surface area contributed by atoms with Crippen LogP contribution in [0.3, 0.4) is 0 Å². The van der Waals surface area contributed by atoms with Crippen molar-refractivity contribution in [3.05, 3.63) is 73.3 Å². The molecule has 170 valence electrons. The predicted molar refractivity (Wildman–Crippen MR) is 125 cm³/mol. The van der Waals surface area contributed by atoms with Crippen molar-refractivity contribution >= 4 is 34.1 Å². The van der Waals surface area contributed by atoms with Gasteiger partial charge in [-0.1, -0.05) is 42.2 Å². The second-order valence-corrected chi connectivity index (χ2v) is 9.06. The molecule has 33 heavy (non-hydrogen) atoms. The maximum absolute atomic E-state index is 12.4. The molecule has 3 N–H and O–H groups in total. The van der Waals surface area contributed by atoms with Gasteiger partial charge < -0.3 is 4.98 Å². The lowest BCUT2D eigenvalue weighted by Gasteiger charge is -2.11. The van der Waals surface area contributed by atoms with Crippen molar-refractivity contribution in [2.24, 2.45) is 0 Å². The molecule has 11 nitrogen and oxygen atoms in total. The van der Waals surface area contributed by atoms with Crippen LogP contribution in [-0.4, -0.2) is 46.6 Å². The molecule has 3 aromatic heterocycles. The summed E-state index contributed by atoms with van der Waals surface area (Å²) in [5.41, 5.74) is 1.16. The van der Waals surface area contributed by atoms with E-state index in [2.05, 4.69) is 35.7 Å². The van der Waals surface area contributed by atoms with Crippen LogP contribution in [0.15, 0.2) is 45.1 Å². The Hall–Kier alpha value is -3.58. The van der Waals surface area contributed by atoms with Crippen LogP contribution in [0.5, 0.6) is 0 Å². The van der Waals surface area contributed by atoms with Crippen molar-refractivity contribution < 1.29 is 4.79 Å². The molecule has 0 saturated heterocycles. The molecule has 0 aliphatic carbocycles. The molecule has 0 spiro atoms. The fourth-order valence-corrected chi connectivity index (χ4v) is 4.52. The van der Waals surface area contributed by atoms with Gasteiger partial charge in [-0.3, -0.25) is 24.5 Å². The monoisotopic (exact) mass is 484 g/mol. The van der Waals surface area contributed by atoms with Gasteiger partial charge in [0.05, 0.1) is 5.75 Å². The number of aromatic nitrogens is 7. The van der Waals surface area contributed by atoms with Gasteiger partial charge in [-0.2, -0.15) is 0 Å². The topological polar surface area (TPSA) is 151 Å². The largest absolute Gasteiger partial charge is 0.325 e. The van der Waals surface area contributed by atoms with Gasteiger partial charge in [0.1, 0.15) is 10.8 Å². The summed E-state index contributed by atoms with van der Waals surface area (Å²) >= 11 is 2.56. The number of H-pyrrole nitrogens is 2. The number of aryl methyl sites for hydroxylation is 2. The molecule has 0 aliphatic rings. The summed E-state index contributed by atoms with van der Waals surface area (Å²) in [7, 11) is 0. The third-order valence-electron chi connectivity index (χ3n) is 4.47. The molecular weight excluding hydrogens is 464 g/mol. The van der Waals surface area contributed by atoms with E-state index in [-0.39, 0.29) is 18.1 Å². The molecular formula is C20H20N8O3S2. The number of hydrogen-bond acceptors (Lipinski definition) is 9. The minimum absolute atomic E-state index is 0.0901. The highest BCUT2D eigenvalue weighted by molar-refractivity contribution is 7.99. The minimum atomic E-state index is -0.590. The van der Waals surface area contributed by atoms with E-state index >= 15 is 0 Å². The Morgan fingerprint density at radius 2 is 2.00 bits per heavy atom. The van der Waals surface area contributed by atoms with Crippen molar-refractivity contribution in [3.8, 4) is 5.69 Å². The number of hydrogen-bond donors (Lipinski definition) is 3. The molecule has 0 radical (unpaired) electrons. The lowest BCUT2D eigenvalue weighted by Crippen LogP contribution is -2.23. The first-order valence-electron chi connectivity index (χ1n) is 10.00. The fraction of sp³-hybridized carbons (Fsp3) is 0.250. The van der Waals surface area contributed by atoms with Crippen LogP contribution < -0.4 is 16.6 Å². The molecule has 4 rings (SSSR count). The standard InChI is InChI=1S/C20H20N8O3S2/c1-3-17-25-26-19(33-17)23-16(30)10-32-20-27-24-14(8-12-9-15(29)22-18(31)21-12)28(20)13-6-4-5-11(2)7-13/h4-7,9H,3,8,10H2,1-2H3,(H,23,26,30)(H2,21,22,29,31). The summed E-state index contributed by atoms with van der Waals surface area (Å²) in [6, 6.07) is 9.05. The third-order valence-corrected chi connectivity index (χ3v) is 6.38. The first-order valence-corrected chi connectivity index (χ1v) is 11.8. The molecule has 0 fully saturated rings. The van der Waals surface area contributed by atoms with Crippen molar-refractivity contribution in [2.75, 3.05) is 11.1 Å². The summed E-state index contributed by atoms with van der Waals surface area (Å²) in [6.07, 6.45) is 0.931. The average molecular weight is 485 g/mol. The van der Waals surface area contributed by atoms with Crippen molar-refractivity contribution in [1.29, 1.82) is 0 Å². The van der Waals surface area contributed by atoms with Gasteiger partial charge in [0.25, 0.3) is 5.56 Å². The van der Waals surface area contributed by atoms with Crippen LogP contribution in [0, 0.1) is 6.92 Å². The first kappa shape index (κ1) is 22.6. The van der Waals surface area contributed by atoms with Crippen LogP contribution >= 0.6 is 23.1 Å². The zero-order chi connectivity index (χ0) is 23.4. The molecule has 0 saturated carbocycles. The molecule has 0 atom stereocenters. The molecule has 1 aromatic carbocycles. The zero-order valence-corrected chi connectivity index (χ0v) is 19.4. The van der Waals surface area contributed by atoms with Gasteiger partial charge in [-0.05, 0) is 31.0 Å². The second-order valence-electron chi connectivity index (χ2n) is 7.05. The maximum atomic E-state index is 12.4. The number of carbonyl (C=O) groups is 1. The number of benzene rings is 1. The first-order chi connectivity index (χ1) is 15.9. The number of nitrogens with one attached hydrogen (secondary N) is 3. The van der Waals surface area contributed by atoms with Crippen molar-refractivity contribution in [3.63, 3.8) is 0 Å². The van der Waals surface area contributed by atoms with E-state index in [0.717, 1.165) is 22.7 Å². The molecule has 3 heterocycles. The van der Waals surface area contributed by atoms with Crippen molar-refractivity contribution in [1.82, 2.24) is 34.9 Å². The normalized spacial score (nSPS) is 11.0. The fourth-order valence-electron chi connectivity index (χ4n) is 3.05. The smallest absolute Gasteiger partial charge is 0.311 e. The predicted octanol–water partition coefficient (Wildman–Crippen LogP) is 1.69. The van der Waals surface area contributed by atoms with E-state index in [1.54, 1.807) is 0 Å². The van der Waals surface area contributed by atoms with E-state index in [0.29, 0.717) is 21.8 Å². The minimum Gasteiger partial charge on any atom is -0.311 e. The van der Waals surface area contributed by atoms with E-state index < -0.39 is 11.2 Å². The van der Waals surface area contributed by atoms with Gasteiger partial charge in [0, 0.05) is 23.9 Å². The van der Waals surface area contributed by atoms with Gasteiger partial charge >= 0.3 is 5.69 Å². The highest BCUT2D eigenvalue weighted by Gasteiger charge is 2.18. The summed E-state index contributed by atoms with van der Waals surface area (Å²) in [5.74, 6) is 0.367. The molecule has 0 unspecified atom stereocenters. The van der Waals surface area contributed by atoms with E-state index in [9.17, 15) is 14.4 Å². The molecule has 0 bridgehead atoms. The molecule has 13 heteroatoms. The number of aromatic amines is 2. The van der Waals surface area contributed by atoms with Crippen LogP contribution in [0.4, 0.5) is 5.13 Å². The van der Waals surface area contributed by atoms with Gasteiger partial charge in [0.2, 0.25) is 11.0 Å². The van der Waals surface area contributed by atoms with Crippen molar-refractivity contribution in [2.45, 2.75) is 31.8 Å². The number of carbonyl (C=O) groups excluding carboxylic acids is 1. The average Bonchev–Trinajstić information content (AvgIpc) is 3.38. The Labute approximate surface area is 195 Å². The van der Waals surface area contributed by atoms with Gasteiger partial charge in [-0.15, -0.1) is 20.4 Å². The van der Waals surface area contributed by atoms with E-state index in [1.165, 1.54) is 29.2 Å². The lowest BCUT2D eigenvalue weighted by atomic mass is 10.2. The highest BCUT2D eigenvalue weighted by atomic mass is 32.2. The Kier molecular flexibility index (Phi) is 6.79. The molecule has 1 amide bonds. The third kappa shape index (κ3) is 5.62. The van der Waals surface area contributed by atoms with Crippen LogP contribution in [-0.2, 0) is 17.6 Å². The number of nitrogens with zero attached hydrogens (tertiary/aromatic N) is 5. The Morgan fingerprint density at radius 3 is 2.73 bits per heavy atom. The molecule has 4 aromatic rings. The number of anilines is 1. The summed E-state index contributed by atoms with van der Waals surface area (Å²) in [4.78, 5) is 40.5. The zero-order valence-electron chi connectivity index (χ0n) is 17.8. The lowest BCUT2D eigenvalue weighted by molar-refractivity contribution is -0.113. The number of amides is 1. The second kappa shape index (κ2) is 9.92. The van der Waals surface area contributed by atoms with E-state index in [1.807, 2.05) is 42.7 Å². The van der Waals surface area contributed by atoms with Crippen LogP contribution in [0.1, 0.15) is 29.0 Å².